The van der Waals surface area contributed by atoms with Gasteiger partial charge in [-0.1, -0.05) is 37.1 Å². The SMILES string of the molecule is CCCCc1ccc(NS(=O)(=O)c2ccc(OCC)c(Cl)c2)cc1. The highest BCUT2D eigenvalue weighted by Crippen LogP contribution is 2.28. The van der Waals surface area contributed by atoms with Crippen LogP contribution in [0, 0.1) is 0 Å². The molecule has 6 heteroatoms. The molecule has 2 aromatic rings. The standard InChI is InChI=1S/C18H22ClNO3S/c1-3-5-6-14-7-9-15(10-8-14)20-24(21,22)16-11-12-18(23-4-2)17(19)13-16/h7-13,20H,3-6H2,1-2H3. The Balaban J connectivity index is 2.14. The first-order valence-electron chi connectivity index (χ1n) is 8.00. The van der Waals surface area contributed by atoms with Gasteiger partial charge >= 0.3 is 0 Å². The van der Waals surface area contributed by atoms with Crippen molar-refractivity contribution in [3.63, 3.8) is 0 Å². The van der Waals surface area contributed by atoms with Gasteiger partial charge in [-0.15, -0.1) is 0 Å². The molecule has 130 valence electrons. The number of anilines is 1. The summed E-state index contributed by atoms with van der Waals surface area (Å²) in [6.45, 7) is 4.45. The van der Waals surface area contributed by atoms with Gasteiger partial charge in [0, 0.05) is 5.69 Å². The molecule has 2 rings (SSSR count). The maximum atomic E-state index is 12.5. The van der Waals surface area contributed by atoms with Crippen molar-refractivity contribution in [2.45, 2.75) is 38.0 Å². The lowest BCUT2D eigenvalue weighted by atomic mass is 10.1. The van der Waals surface area contributed by atoms with E-state index in [-0.39, 0.29) is 9.92 Å². The van der Waals surface area contributed by atoms with E-state index in [1.165, 1.54) is 17.7 Å². The van der Waals surface area contributed by atoms with E-state index in [4.69, 9.17) is 16.3 Å². The van der Waals surface area contributed by atoms with Gasteiger partial charge in [-0.2, -0.15) is 0 Å². The first kappa shape index (κ1) is 18.6. The lowest BCUT2D eigenvalue weighted by Crippen LogP contribution is -2.13. The number of unbranched alkanes of at least 4 members (excludes halogenated alkanes) is 1. The number of hydrogen-bond acceptors (Lipinski definition) is 3. The van der Waals surface area contributed by atoms with Crippen LogP contribution in [-0.2, 0) is 16.4 Å². The molecule has 0 aliphatic heterocycles. The molecule has 24 heavy (non-hydrogen) atoms. The molecule has 1 N–H and O–H groups in total. The predicted octanol–water partition coefficient (Wildman–Crippen LogP) is 4.88. The number of hydrogen-bond donors (Lipinski definition) is 1. The van der Waals surface area contributed by atoms with Crippen molar-refractivity contribution >= 4 is 27.3 Å². The van der Waals surface area contributed by atoms with Gasteiger partial charge in [-0.05, 0) is 55.7 Å². The Kier molecular flexibility index (Phi) is 6.52. The summed E-state index contributed by atoms with van der Waals surface area (Å²) in [4.78, 5) is 0.103. The van der Waals surface area contributed by atoms with Crippen LogP contribution in [0.5, 0.6) is 5.75 Å². The van der Waals surface area contributed by atoms with Gasteiger partial charge in [0.15, 0.2) is 0 Å². The number of halogens is 1. The number of sulfonamides is 1. The second kappa shape index (κ2) is 8.40. The summed E-state index contributed by atoms with van der Waals surface area (Å²) in [6, 6.07) is 11.9. The van der Waals surface area contributed by atoms with Crippen LogP contribution in [0.3, 0.4) is 0 Å². The second-order valence-corrected chi connectivity index (χ2v) is 7.52. The van der Waals surface area contributed by atoms with Crippen LogP contribution in [0.15, 0.2) is 47.4 Å². The van der Waals surface area contributed by atoms with Crippen molar-refractivity contribution in [3.05, 3.63) is 53.1 Å². The predicted molar refractivity (Wildman–Crippen MR) is 98.5 cm³/mol. The van der Waals surface area contributed by atoms with E-state index in [2.05, 4.69) is 11.6 Å². The van der Waals surface area contributed by atoms with Crippen molar-refractivity contribution in [2.24, 2.45) is 0 Å². The van der Waals surface area contributed by atoms with Gasteiger partial charge < -0.3 is 4.74 Å². The highest BCUT2D eigenvalue weighted by Gasteiger charge is 2.16. The molecule has 0 saturated heterocycles. The summed E-state index contributed by atoms with van der Waals surface area (Å²) in [5, 5.41) is 0.273. The number of rotatable bonds is 8. The molecule has 0 bridgehead atoms. The first-order valence-corrected chi connectivity index (χ1v) is 9.86. The molecule has 0 heterocycles. The minimum absolute atomic E-state index is 0.103. The fraction of sp³-hybridized carbons (Fsp3) is 0.333. The third-order valence-electron chi connectivity index (χ3n) is 3.54. The van der Waals surface area contributed by atoms with E-state index in [1.807, 2.05) is 19.1 Å². The molecule has 0 aliphatic carbocycles. The second-order valence-electron chi connectivity index (χ2n) is 5.43. The maximum Gasteiger partial charge on any atom is 0.261 e. The Morgan fingerprint density at radius 2 is 1.79 bits per heavy atom. The Hall–Kier alpha value is -1.72. The first-order chi connectivity index (χ1) is 11.5. The third kappa shape index (κ3) is 4.89. The summed E-state index contributed by atoms with van der Waals surface area (Å²) in [5.41, 5.74) is 1.73. The van der Waals surface area contributed by atoms with Crippen molar-refractivity contribution in [2.75, 3.05) is 11.3 Å². The molecular formula is C18H22ClNO3S. The molecule has 0 spiro atoms. The normalized spacial score (nSPS) is 11.3. The summed E-state index contributed by atoms with van der Waals surface area (Å²) in [7, 11) is -3.69. The zero-order valence-corrected chi connectivity index (χ0v) is 15.5. The van der Waals surface area contributed by atoms with Crippen molar-refractivity contribution in [3.8, 4) is 5.75 Å². The number of ether oxygens (including phenoxy) is 1. The minimum atomic E-state index is -3.69. The molecule has 0 saturated carbocycles. The van der Waals surface area contributed by atoms with Gasteiger partial charge in [0.25, 0.3) is 10.0 Å². The van der Waals surface area contributed by atoms with E-state index in [0.29, 0.717) is 18.0 Å². The van der Waals surface area contributed by atoms with Gasteiger partial charge in [-0.3, -0.25) is 4.72 Å². The van der Waals surface area contributed by atoms with Gasteiger partial charge in [0.2, 0.25) is 0 Å². The quantitative estimate of drug-likeness (QED) is 0.723. The van der Waals surface area contributed by atoms with Gasteiger partial charge in [0.1, 0.15) is 5.75 Å². The molecule has 4 nitrogen and oxygen atoms in total. The molecule has 0 fully saturated rings. The van der Waals surface area contributed by atoms with Crippen LogP contribution < -0.4 is 9.46 Å². The maximum absolute atomic E-state index is 12.5. The smallest absolute Gasteiger partial charge is 0.261 e. The minimum Gasteiger partial charge on any atom is -0.492 e. The fourth-order valence-electron chi connectivity index (χ4n) is 2.26. The molecule has 0 aliphatic rings. The number of benzene rings is 2. The zero-order valence-electron chi connectivity index (χ0n) is 13.9. The summed E-state index contributed by atoms with van der Waals surface area (Å²) < 4.78 is 32.8. The van der Waals surface area contributed by atoms with E-state index in [1.54, 1.807) is 18.2 Å². The van der Waals surface area contributed by atoms with E-state index >= 15 is 0 Å². The van der Waals surface area contributed by atoms with E-state index < -0.39 is 10.0 Å². The van der Waals surface area contributed by atoms with Gasteiger partial charge in [0.05, 0.1) is 16.5 Å². The molecule has 0 radical (unpaired) electrons. The summed E-state index contributed by atoms with van der Waals surface area (Å²) in [6.07, 6.45) is 3.25. The Labute approximate surface area is 148 Å². The van der Waals surface area contributed by atoms with Crippen LogP contribution in [-0.4, -0.2) is 15.0 Å². The molecular weight excluding hydrogens is 346 g/mol. The van der Waals surface area contributed by atoms with Crippen molar-refractivity contribution < 1.29 is 13.2 Å². The number of nitrogens with one attached hydrogen (secondary N) is 1. The third-order valence-corrected chi connectivity index (χ3v) is 5.21. The van der Waals surface area contributed by atoms with Crippen LogP contribution >= 0.6 is 11.6 Å². The Morgan fingerprint density at radius 3 is 2.38 bits per heavy atom. The average molecular weight is 368 g/mol. The zero-order chi connectivity index (χ0) is 17.6. The summed E-state index contributed by atoms with van der Waals surface area (Å²) >= 11 is 6.07. The van der Waals surface area contributed by atoms with Crippen molar-refractivity contribution in [1.82, 2.24) is 0 Å². The average Bonchev–Trinajstić information content (AvgIpc) is 2.56. The molecule has 0 atom stereocenters. The fourth-order valence-corrected chi connectivity index (χ4v) is 3.64. The summed E-state index contributed by atoms with van der Waals surface area (Å²) in [5.74, 6) is 0.471. The van der Waals surface area contributed by atoms with Crippen LogP contribution in [0.2, 0.25) is 5.02 Å². The van der Waals surface area contributed by atoms with Crippen LogP contribution in [0.25, 0.3) is 0 Å². The lowest BCUT2D eigenvalue weighted by Gasteiger charge is -2.11. The topological polar surface area (TPSA) is 55.4 Å². The lowest BCUT2D eigenvalue weighted by molar-refractivity contribution is 0.340. The number of aryl methyl sites for hydroxylation is 1. The monoisotopic (exact) mass is 367 g/mol. The van der Waals surface area contributed by atoms with Gasteiger partial charge in [-0.25, -0.2) is 8.42 Å². The largest absolute Gasteiger partial charge is 0.492 e. The van der Waals surface area contributed by atoms with Crippen LogP contribution in [0.1, 0.15) is 32.3 Å². The molecule has 0 aromatic heterocycles. The highest BCUT2D eigenvalue weighted by molar-refractivity contribution is 7.92. The van der Waals surface area contributed by atoms with E-state index in [0.717, 1.165) is 19.3 Å². The Bertz CT molecular complexity index is 773. The highest BCUT2D eigenvalue weighted by atomic mass is 35.5. The molecule has 2 aromatic carbocycles. The molecule has 0 unspecified atom stereocenters. The molecule has 0 amide bonds. The van der Waals surface area contributed by atoms with Crippen molar-refractivity contribution in [1.29, 1.82) is 0 Å². The Morgan fingerprint density at radius 1 is 1.08 bits per heavy atom. The van der Waals surface area contributed by atoms with Crippen LogP contribution in [0.4, 0.5) is 5.69 Å². The van der Waals surface area contributed by atoms with E-state index in [9.17, 15) is 8.42 Å².